The first-order valence-corrected chi connectivity index (χ1v) is 11.5. The molecule has 0 saturated carbocycles. The Balaban J connectivity index is 1.92. The summed E-state index contributed by atoms with van der Waals surface area (Å²) in [4.78, 5) is 2.13. The molecule has 0 radical (unpaired) electrons. The standard InChI is InChI=1S/C30H31NO4/c1-17-10-11-18(2)30(29(17)34)35-26-9-7-8-23(16-26)31(27-19(3)12-24(32)13-20(27)4)28-21(5)14-25(33)15-22(28)6/h7-16,32-34H,1-6H3. The molecule has 5 heteroatoms. The average Bonchev–Trinajstić information content (AvgIpc) is 2.77. The van der Waals surface area contributed by atoms with Gasteiger partial charge in [0.15, 0.2) is 11.5 Å². The van der Waals surface area contributed by atoms with Gasteiger partial charge in [-0.25, -0.2) is 0 Å². The molecule has 0 unspecified atom stereocenters. The molecule has 4 aromatic rings. The second kappa shape index (κ2) is 9.26. The van der Waals surface area contributed by atoms with Crippen molar-refractivity contribution in [2.45, 2.75) is 41.5 Å². The lowest BCUT2D eigenvalue weighted by molar-refractivity contribution is 0.406. The summed E-state index contributed by atoms with van der Waals surface area (Å²) in [6, 6.07) is 18.5. The molecule has 0 fully saturated rings. The molecule has 35 heavy (non-hydrogen) atoms. The van der Waals surface area contributed by atoms with E-state index in [0.717, 1.165) is 50.4 Å². The first-order valence-electron chi connectivity index (χ1n) is 11.5. The van der Waals surface area contributed by atoms with Crippen LogP contribution in [0.2, 0.25) is 0 Å². The number of aryl methyl sites for hydroxylation is 6. The van der Waals surface area contributed by atoms with Crippen molar-refractivity contribution in [2.75, 3.05) is 4.90 Å². The predicted molar refractivity (Wildman–Crippen MR) is 141 cm³/mol. The highest BCUT2D eigenvalue weighted by molar-refractivity contribution is 5.84. The van der Waals surface area contributed by atoms with Crippen LogP contribution >= 0.6 is 0 Å². The molecule has 4 aromatic carbocycles. The highest BCUT2D eigenvalue weighted by Gasteiger charge is 2.22. The topological polar surface area (TPSA) is 73.2 Å². The van der Waals surface area contributed by atoms with Gasteiger partial charge >= 0.3 is 0 Å². The maximum Gasteiger partial charge on any atom is 0.172 e. The van der Waals surface area contributed by atoms with E-state index in [9.17, 15) is 15.3 Å². The van der Waals surface area contributed by atoms with E-state index in [0.29, 0.717) is 11.5 Å². The van der Waals surface area contributed by atoms with Crippen molar-refractivity contribution in [1.29, 1.82) is 0 Å². The number of aromatic hydroxyl groups is 3. The summed E-state index contributed by atoms with van der Waals surface area (Å²) < 4.78 is 6.19. The van der Waals surface area contributed by atoms with Gasteiger partial charge in [-0.05, 0) is 111 Å². The lowest BCUT2D eigenvalue weighted by Gasteiger charge is -2.31. The molecule has 4 rings (SSSR count). The monoisotopic (exact) mass is 469 g/mol. The molecular weight excluding hydrogens is 438 g/mol. The van der Waals surface area contributed by atoms with Gasteiger partial charge in [-0.1, -0.05) is 18.2 Å². The van der Waals surface area contributed by atoms with Crippen LogP contribution in [0.15, 0.2) is 60.7 Å². The highest BCUT2D eigenvalue weighted by Crippen LogP contribution is 2.45. The first kappa shape index (κ1) is 24.0. The smallest absolute Gasteiger partial charge is 0.172 e. The van der Waals surface area contributed by atoms with Crippen molar-refractivity contribution in [2.24, 2.45) is 0 Å². The van der Waals surface area contributed by atoms with Gasteiger partial charge in [0.2, 0.25) is 0 Å². The van der Waals surface area contributed by atoms with Gasteiger partial charge in [0, 0.05) is 11.8 Å². The summed E-state index contributed by atoms with van der Waals surface area (Å²) in [6.45, 7) is 11.6. The Bertz CT molecular complexity index is 1320. The van der Waals surface area contributed by atoms with E-state index in [-0.39, 0.29) is 17.2 Å². The summed E-state index contributed by atoms with van der Waals surface area (Å²) in [5, 5.41) is 30.9. The third kappa shape index (κ3) is 4.62. The Morgan fingerprint density at radius 3 is 1.57 bits per heavy atom. The van der Waals surface area contributed by atoms with Crippen LogP contribution in [0.5, 0.6) is 28.7 Å². The molecule has 3 N–H and O–H groups in total. The molecule has 0 aromatic heterocycles. The van der Waals surface area contributed by atoms with E-state index < -0.39 is 0 Å². The maximum absolute atomic E-state index is 10.6. The van der Waals surface area contributed by atoms with E-state index >= 15 is 0 Å². The highest BCUT2D eigenvalue weighted by atomic mass is 16.5. The molecule has 0 aliphatic rings. The van der Waals surface area contributed by atoms with Crippen LogP contribution in [0.3, 0.4) is 0 Å². The van der Waals surface area contributed by atoms with E-state index in [1.807, 2.05) is 77.9 Å². The van der Waals surface area contributed by atoms with E-state index in [1.165, 1.54) is 0 Å². The predicted octanol–water partition coefficient (Wildman–Crippen LogP) is 7.92. The van der Waals surface area contributed by atoms with Crippen molar-refractivity contribution in [3.05, 3.63) is 94.0 Å². The van der Waals surface area contributed by atoms with Gasteiger partial charge in [0.05, 0.1) is 11.4 Å². The zero-order valence-electron chi connectivity index (χ0n) is 21.0. The fourth-order valence-corrected chi connectivity index (χ4v) is 4.64. The summed E-state index contributed by atoms with van der Waals surface area (Å²) in [5.41, 5.74) is 7.94. The summed E-state index contributed by atoms with van der Waals surface area (Å²) in [6.07, 6.45) is 0. The molecule has 0 amide bonds. The number of hydrogen-bond donors (Lipinski definition) is 3. The quantitative estimate of drug-likeness (QED) is 0.277. The third-order valence-corrected chi connectivity index (χ3v) is 6.22. The van der Waals surface area contributed by atoms with Crippen LogP contribution in [0.4, 0.5) is 17.1 Å². The number of nitrogens with zero attached hydrogens (tertiary/aromatic N) is 1. The van der Waals surface area contributed by atoms with Crippen LogP contribution in [0, 0.1) is 41.5 Å². The lowest BCUT2D eigenvalue weighted by Crippen LogP contribution is -2.15. The number of phenolic OH excluding ortho intramolecular Hbond substituents is 3. The van der Waals surface area contributed by atoms with E-state index in [4.69, 9.17) is 4.74 Å². The molecule has 0 aliphatic heterocycles. The molecule has 0 aliphatic carbocycles. The second-order valence-corrected chi connectivity index (χ2v) is 9.17. The van der Waals surface area contributed by atoms with Crippen LogP contribution in [-0.2, 0) is 0 Å². The Hall–Kier alpha value is -4.12. The minimum Gasteiger partial charge on any atom is -0.508 e. The van der Waals surface area contributed by atoms with Gasteiger partial charge in [0.1, 0.15) is 17.2 Å². The van der Waals surface area contributed by atoms with Crippen molar-refractivity contribution in [3.8, 4) is 28.7 Å². The van der Waals surface area contributed by atoms with Crippen LogP contribution in [0.1, 0.15) is 33.4 Å². The fraction of sp³-hybridized carbons (Fsp3) is 0.200. The summed E-state index contributed by atoms with van der Waals surface area (Å²) in [5.74, 6) is 1.57. The van der Waals surface area contributed by atoms with Gasteiger partial charge in [-0.2, -0.15) is 0 Å². The molecule has 0 bridgehead atoms. The number of phenols is 3. The molecule has 0 saturated heterocycles. The van der Waals surface area contributed by atoms with E-state index in [2.05, 4.69) is 4.90 Å². The molecule has 0 spiro atoms. The van der Waals surface area contributed by atoms with Gasteiger partial charge in [0.25, 0.3) is 0 Å². The average molecular weight is 470 g/mol. The number of rotatable bonds is 5. The van der Waals surface area contributed by atoms with Crippen molar-refractivity contribution < 1.29 is 20.1 Å². The zero-order valence-corrected chi connectivity index (χ0v) is 21.0. The largest absolute Gasteiger partial charge is 0.508 e. The third-order valence-electron chi connectivity index (χ3n) is 6.22. The first-order chi connectivity index (χ1) is 16.6. The van der Waals surface area contributed by atoms with Crippen molar-refractivity contribution in [1.82, 2.24) is 0 Å². The Labute approximate surface area is 206 Å². The van der Waals surface area contributed by atoms with Gasteiger partial charge < -0.3 is 25.0 Å². The maximum atomic E-state index is 10.6. The van der Waals surface area contributed by atoms with E-state index in [1.54, 1.807) is 24.3 Å². The Kier molecular flexibility index (Phi) is 6.35. The SMILES string of the molecule is Cc1ccc(C)c(Oc2cccc(N(c3c(C)cc(O)cc3C)c3c(C)cc(O)cc3C)c2)c1O. The number of anilines is 3. The molecular formula is C30H31NO4. The minimum absolute atomic E-state index is 0.128. The van der Waals surface area contributed by atoms with Gasteiger partial charge in [-0.15, -0.1) is 0 Å². The minimum atomic E-state index is 0.128. The summed E-state index contributed by atoms with van der Waals surface area (Å²) >= 11 is 0. The Morgan fingerprint density at radius 2 is 1.06 bits per heavy atom. The lowest BCUT2D eigenvalue weighted by atomic mass is 10.0. The van der Waals surface area contributed by atoms with Crippen LogP contribution in [0.25, 0.3) is 0 Å². The summed E-state index contributed by atoms with van der Waals surface area (Å²) in [7, 11) is 0. The Morgan fingerprint density at radius 1 is 0.571 bits per heavy atom. The number of hydrogen-bond acceptors (Lipinski definition) is 5. The molecule has 0 atom stereocenters. The molecule has 180 valence electrons. The second-order valence-electron chi connectivity index (χ2n) is 9.17. The van der Waals surface area contributed by atoms with Crippen LogP contribution < -0.4 is 9.64 Å². The van der Waals surface area contributed by atoms with Crippen molar-refractivity contribution in [3.63, 3.8) is 0 Å². The molecule has 5 nitrogen and oxygen atoms in total. The molecule has 0 heterocycles. The van der Waals surface area contributed by atoms with Gasteiger partial charge in [-0.3, -0.25) is 0 Å². The normalized spacial score (nSPS) is 10.9. The fourth-order valence-electron chi connectivity index (χ4n) is 4.64. The van der Waals surface area contributed by atoms with Crippen molar-refractivity contribution >= 4 is 17.1 Å². The zero-order chi connectivity index (χ0) is 25.4. The number of ether oxygens (including phenoxy) is 1. The number of benzene rings is 4. The van der Waals surface area contributed by atoms with Crippen LogP contribution in [-0.4, -0.2) is 15.3 Å².